The lowest BCUT2D eigenvalue weighted by Gasteiger charge is -2.21. The average molecular weight is 564 g/mol. The molecule has 0 saturated carbocycles. The van der Waals surface area contributed by atoms with E-state index in [0.29, 0.717) is 28.1 Å². The summed E-state index contributed by atoms with van der Waals surface area (Å²) in [6.07, 6.45) is 3.44. The van der Waals surface area contributed by atoms with Crippen molar-refractivity contribution in [3.63, 3.8) is 0 Å². The SMILES string of the molecule is COc1cc(C(O)c2cc(-c3ccc(F)cc3)cn(C(C)c3cc(F)c(F)c(F)c3)c2=O)ccc1-n1cnc(C)c1. The zero-order chi connectivity index (χ0) is 29.4. The maximum Gasteiger partial charge on any atom is 0.257 e. The molecular formula is C31H25F4N3O3. The van der Waals surface area contributed by atoms with Gasteiger partial charge in [0.1, 0.15) is 17.7 Å². The molecule has 5 rings (SSSR count). The molecule has 0 radical (unpaired) electrons. The van der Waals surface area contributed by atoms with Crippen molar-refractivity contribution in [3.8, 4) is 22.6 Å². The molecule has 0 bridgehead atoms. The summed E-state index contributed by atoms with van der Waals surface area (Å²) in [5, 5.41) is 11.5. The van der Waals surface area contributed by atoms with Crippen LogP contribution in [-0.2, 0) is 0 Å². The Morgan fingerprint density at radius 3 is 2.17 bits per heavy atom. The van der Waals surface area contributed by atoms with Gasteiger partial charge in [0.05, 0.1) is 36.4 Å². The van der Waals surface area contributed by atoms with E-state index in [9.17, 15) is 27.5 Å². The summed E-state index contributed by atoms with van der Waals surface area (Å²) < 4.78 is 63.9. The van der Waals surface area contributed by atoms with E-state index in [1.807, 2.05) is 6.92 Å². The van der Waals surface area contributed by atoms with Gasteiger partial charge >= 0.3 is 0 Å². The summed E-state index contributed by atoms with van der Waals surface area (Å²) in [6.45, 7) is 3.36. The van der Waals surface area contributed by atoms with Crippen LogP contribution in [0.3, 0.4) is 0 Å². The van der Waals surface area contributed by atoms with Crippen LogP contribution in [0.4, 0.5) is 17.6 Å². The largest absolute Gasteiger partial charge is 0.495 e. The lowest BCUT2D eigenvalue weighted by molar-refractivity contribution is 0.217. The van der Waals surface area contributed by atoms with E-state index >= 15 is 0 Å². The van der Waals surface area contributed by atoms with Gasteiger partial charge in [-0.2, -0.15) is 0 Å². The van der Waals surface area contributed by atoms with Crippen LogP contribution in [0.5, 0.6) is 5.75 Å². The maximum absolute atomic E-state index is 14.1. The Balaban J connectivity index is 1.65. The van der Waals surface area contributed by atoms with Gasteiger partial charge in [-0.15, -0.1) is 0 Å². The van der Waals surface area contributed by atoms with E-state index in [0.717, 1.165) is 17.8 Å². The zero-order valence-corrected chi connectivity index (χ0v) is 22.3. The van der Waals surface area contributed by atoms with Gasteiger partial charge in [0.2, 0.25) is 0 Å². The van der Waals surface area contributed by atoms with Crippen molar-refractivity contribution >= 4 is 0 Å². The molecule has 6 nitrogen and oxygen atoms in total. The molecule has 2 aromatic heterocycles. The fraction of sp³-hybridized carbons (Fsp3) is 0.161. The molecule has 0 aliphatic heterocycles. The fourth-order valence-electron chi connectivity index (χ4n) is 4.69. The van der Waals surface area contributed by atoms with E-state index < -0.39 is 41.0 Å². The van der Waals surface area contributed by atoms with Gasteiger partial charge in [0.15, 0.2) is 17.5 Å². The lowest BCUT2D eigenvalue weighted by Crippen LogP contribution is -2.28. The minimum atomic E-state index is -1.62. The number of methoxy groups -OCH3 is 1. The highest BCUT2D eigenvalue weighted by molar-refractivity contribution is 5.64. The van der Waals surface area contributed by atoms with Crippen molar-refractivity contribution in [3.05, 3.63) is 135 Å². The fourth-order valence-corrected chi connectivity index (χ4v) is 4.69. The molecule has 0 aliphatic rings. The van der Waals surface area contributed by atoms with Crippen LogP contribution in [0.2, 0.25) is 0 Å². The van der Waals surface area contributed by atoms with Crippen LogP contribution in [0.1, 0.15) is 41.5 Å². The molecule has 0 amide bonds. The first-order valence-electron chi connectivity index (χ1n) is 12.6. The normalized spacial score (nSPS) is 12.8. The number of pyridine rings is 1. The van der Waals surface area contributed by atoms with Gasteiger partial charge in [-0.05, 0) is 78.6 Å². The molecule has 0 saturated heterocycles. The first kappa shape index (κ1) is 27.9. The van der Waals surface area contributed by atoms with Gasteiger partial charge in [-0.25, -0.2) is 22.5 Å². The number of aliphatic hydroxyl groups is 1. The van der Waals surface area contributed by atoms with Crippen LogP contribution in [0.25, 0.3) is 16.8 Å². The lowest BCUT2D eigenvalue weighted by atomic mass is 9.97. The number of imidazole rings is 1. The van der Waals surface area contributed by atoms with Crippen LogP contribution >= 0.6 is 0 Å². The minimum Gasteiger partial charge on any atom is -0.495 e. The Hall–Kier alpha value is -4.70. The molecule has 210 valence electrons. The van der Waals surface area contributed by atoms with Gasteiger partial charge in [0.25, 0.3) is 5.56 Å². The molecule has 41 heavy (non-hydrogen) atoms. The Kier molecular flexibility index (Phi) is 7.51. The molecule has 3 aromatic carbocycles. The third kappa shape index (κ3) is 5.38. The van der Waals surface area contributed by atoms with Gasteiger partial charge < -0.3 is 19.0 Å². The monoisotopic (exact) mass is 563 g/mol. The van der Waals surface area contributed by atoms with Gasteiger partial charge in [-0.3, -0.25) is 4.79 Å². The number of hydrogen-bond acceptors (Lipinski definition) is 4. The number of halogens is 4. The highest BCUT2D eigenvalue weighted by Crippen LogP contribution is 2.32. The number of nitrogens with zero attached hydrogens (tertiary/aromatic N) is 3. The van der Waals surface area contributed by atoms with E-state index in [1.165, 1.54) is 55.1 Å². The first-order valence-corrected chi connectivity index (χ1v) is 12.6. The molecule has 10 heteroatoms. The molecule has 2 unspecified atom stereocenters. The molecule has 1 N–H and O–H groups in total. The second-order valence-electron chi connectivity index (χ2n) is 9.63. The summed E-state index contributed by atoms with van der Waals surface area (Å²) in [4.78, 5) is 18.0. The topological polar surface area (TPSA) is 69.3 Å². The third-order valence-corrected chi connectivity index (χ3v) is 6.96. The second kappa shape index (κ2) is 11.1. The van der Waals surface area contributed by atoms with Crippen LogP contribution in [0, 0.1) is 30.2 Å². The van der Waals surface area contributed by atoms with Crippen molar-refractivity contribution in [2.75, 3.05) is 7.11 Å². The maximum atomic E-state index is 14.1. The van der Waals surface area contributed by atoms with Crippen molar-refractivity contribution < 1.29 is 27.4 Å². The Morgan fingerprint density at radius 2 is 1.56 bits per heavy atom. The first-order chi connectivity index (χ1) is 19.6. The van der Waals surface area contributed by atoms with Crippen molar-refractivity contribution in [2.45, 2.75) is 26.0 Å². The highest BCUT2D eigenvalue weighted by atomic mass is 19.2. The molecule has 0 spiro atoms. The summed E-state index contributed by atoms with van der Waals surface area (Å²) in [5.41, 5.74) is 2.08. The Morgan fingerprint density at radius 1 is 0.878 bits per heavy atom. The second-order valence-corrected chi connectivity index (χ2v) is 9.63. The number of aryl methyl sites for hydroxylation is 1. The molecule has 0 fully saturated rings. The Labute approximate surface area is 232 Å². The third-order valence-electron chi connectivity index (χ3n) is 6.96. The number of rotatable bonds is 7. The summed E-state index contributed by atoms with van der Waals surface area (Å²) in [6, 6.07) is 12.6. The van der Waals surface area contributed by atoms with E-state index in [4.69, 9.17) is 4.74 Å². The number of aliphatic hydroxyl groups excluding tert-OH is 1. The van der Waals surface area contributed by atoms with E-state index in [-0.39, 0.29) is 11.1 Å². The van der Waals surface area contributed by atoms with Crippen molar-refractivity contribution in [2.24, 2.45) is 0 Å². The Bertz CT molecular complexity index is 1770. The van der Waals surface area contributed by atoms with Gasteiger partial charge in [0, 0.05) is 12.4 Å². The van der Waals surface area contributed by atoms with Crippen molar-refractivity contribution in [1.29, 1.82) is 0 Å². The molecule has 0 aliphatic carbocycles. The predicted molar refractivity (Wildman–Crippen MR) is 145 cm³/mol. The molecule has 2 atom stereocenters. The zero-order valence-electron chi connectivity index (χ0n) is 22.3. The number of aromatic nitrogens is 3. The van der Waals surface area contributed by atoms with E-state index in [2.05, 4.69) is 4.98 Å². The van der Waals surface area contributed by atoms with Crippen LogP contribution < -0.4 is 10.3 Å². The molecular weight excluding hydrogens is 538 g/mol. The van der Waals surface area contributed by atoms with Gasteiger partial charge in [-0.1, -0.05) is 18.2 Å². The highest BCUT2D eigenvalue weighted by Gasteiger charge is 2.23. The average Bonchev–Trinajstić information content (AvgIpc) is 3.41. The number of hydrogen-bond donors (Lipinski definition) is 1. The predicted octanol–water partition coefficient (Wildman–Crippen LogP) is 6.27. The molecule has 2 heterocycles. The molecule has 5 aromatic rings. The van der Waals surface area contributed by atoms with Crippen LogP contribution in [0.15, 0.2) is 84.2 Å². The van der Waals surface area contributed by atoms with Crippen molar-refractivity contribution in [1.82, 2.24) is 14.1 Å². The summed E-state index contributed by atoms with van der Waals surface area (Å²) >= 11 is 0. The smallest absolute Gasteiger partial charge is 0.257 e. The standard InChI is InChI=1S/C31H25F4N3O3/c1-17-14-37(16-36-17)27-9-6-20(13-28(27)41-3)30(39)24-10-22(19-4-7-23(32)8-5-19)15-38(31(24)40)18(2)21-11-25(33)29(35)26(34)12-21/h4-16,18,30,39H,1-3H3. The quantitative estimate of drug-likeness (QED) is 0.187. The van der Waals surface area contributed by atoms with Crippen LogP contribution in [-0.4, -0.2) is 26.3 Å². The number of ether oxygens (including phenoxy) is 1. The summed E-state index contributed by atoms with van der Waals surface area (Å²) in [7, 11) is 1.48. The number of benzene rings is 3. The summed E-state index contributed by atoms with van der Waals surface area (Å²) in [5.74, 6) is -4.45. The van der Waals surface area contributed by atoms with E-state index in [1.54, 1.807) is 35.3 Å². The minimum absolute atomic E-state index is 0.00171.